The third-order valence-electron chi connectivity index (χ3n) is 10.9. The van der Waals surface area contributed by atoms with Crippen LogP contribution in [-0.2, 0) is 11.0 Å². The Labute approximate surface area is 317 Å². The monoisotopic (exact) mass is 727 g/mol. The number of carbonyl (C=O) groups excluding carboxylic acids is 1. The molecule has 0 fully saturated rings. The van der Waals surface area contributed by atoms with Gasteiger partial charge < -0.3 is 34.1 Å². The fourth-order valence-electron chi connectivity index (χ4n) is 8.08. The second-order valence-electron chi connectivity index (χ2n) is 14.4. The molecule has 8 nitrogen and oxygen atoms in total. The molecule has 0 saturated carbocycles. The second-order valence-corrected chi connectivity index (χ2v) is 14.4. The molecule has 2 N–H and O–H groups in total. The first-order valence-corrected chi connectivity index (χ1v) is 18.8. The fourth-order valence-corrected chi connectivity index (χ4v) is 8.08. The number of rotatable bonds is 14. The summed E-state index contributed by atoms with van der Waals surface area (Å²) >= 11 is 0. The summed E-state index contributed by atoms with van der Waals surface area (Å²) in [6.45, 7) is 7.43. The number of aliphatic hydroxyl groups is 1. The average molecular weight is 728 g/mol. The Hall–Kier alpha value is -5.47. The van der Waals surface area contributed by atoms with Crippen molar-refractivity contribution >= 4 is 22.8 Å². The number of hydrogen-bond donors (Lipinski definition) is 2. The number of nitrogens with one attached hydrogen (secondary N) is 1. The molecule has 1 aliphatic heterocycles. The molecule has 7 rings (SSSR count). The van der Waals surface area contributed by atoms with Gasteiger partial charge in [-0.05, 0) is 88.7 Å². The number of fused-ring (bicyclic) bond motifs is 8. The maximum absolute atomic E-state index is 13.4. The highest BCUT2D eigenvalue weighted by Crippen LogP contribution is 2.59. The van der Waals surface area contributed by atoms with Crippen molar-refractivity contribution in [1.29, 1.82) is 0 Å². The summed E-state index contributed by atoms with van der Waals surface area (Å²) in [5, 5.41) is 14.3. The minimum atomic E-state index is -1.03. The summed E-state index contributed by atoms with van der Waals surface area (Å²) in [6.07, 6.45) is 8.72. The largest absolute Gasteiger partial charge is 0.497 e. The molecule has 1 unspecified atom stereocenters. The Bertz CT molecular complexity index is 2200. The van der Waals surface area contributed by atoms with Crippen molar-refractivity contribution in [3.05, 3.63) is 118 Å². The Morgan fingerprint density at radius 2 is 1.46 bits per heavy atom. The maximum atomic E-state index is 13.4. The number of carbonyl (C=O) groups is 1. The molecule has 280 valence electrons. The van der Waals surface area contributed by atoms with Gasteiger partial charge in [-0.1, -0.05) is 76.4 Å². The Morgan fingerprint density at radius 1 is 0.796 bits per heavy atom. The van der Waals surface area contributed by atoms with Crippen LogP contribution < -0.4 is 29.0 Å². The van der Waals surface area contributed by atoms with Gasteiger partial charge in [-0.25, -0.2) is 0 Å². The molecule has 1 amide bonds. The van der Waals surface area contributed by atoms with Crippen molar-refractivity contribution in [2.75, 3.05) is 41.1 Å². The van der Waals surface area contributed by atoms with Crippen molar-refractivity contribution in [3.63, 3.8) is 0 Å². The number of amides is 1. The summed E-state index contributed by atoms with van der Waals surface area (Å²) in [6, 6.07) is 25.9. The lowest BCUT2D eigenvalue weighted by atomic mass is 9.76. The van der Waals surface area contributed by atoms with Crippen LogP contribution in [-0.4, -0.2) is 52.1 Å². The van der Waals surface area contributed by atoms with Gasteiger partial charge in [-0.2, -0.15) is 0 Å². The van der Waals surface area contributed by atoms with Gasteiger partial charge in [-0.3, -0.25) is 4.79 Å². The number of benzene rings is 5. The molecule has 0 radical (unpaired) electrons. The minimum Gasteiger partial charge on any atom is -0.497 e. The van der Waals surface area contributed by atoms with E-state index in [9.17, 15) is 9.90 Å². The van der Waals surface area contributed by atoms with Gasteiger partial charge >= 0.3 is 0 Å². The van der Waals surface area contributed by atoms with Gasteiger partial charge in [0, 0.05) is 39.6 Å². The average Bonchev–Trinajstić information content (AvgIpc) is 3.45. The Morgan fingerprint density at radius 3 is 2.09 bits per heavy atom. The first kappa shape index (κ1) is 36.9. The zero-order chi connectivity index (χ0) is 38.0. The van der Waals surface area contributed by atoms with Crippen molar-refractivity contribution in [3.8, 4) is 39.9 Å². The molecule has 0 spiro atoms. The van der Waals surface area contributed by atoms with Crippen LogP contribution in [0.2, 0.25) is 0 Å². The molecular weight excluding hydrogens is 679 g/mol. The van der Waals surface area contributed by atoms with Gasteiger partial charge in [0.25, 0.3) is 5.91 Å². The molecule has 1 aliphatic carbocycles. The lowest BCUT2D eigenvalue weighted by Gasteiger charge is -2.38. The van der Waals surface area contributed by atoms with Crippen LogP contribution in [0.5, 0.6) is 28.7 Å². The van der Waals surface area contributed by atoms with Crippen molar-refractivity contribution in [2.24, 2.45) is 0 Å². The molecule has 2 aliphatic rings. The van der Waals surface area contributed by atoms with Gasteiger partial charge in [0.2, 0.25) is 0 Å². The van der Waals surface area contributed by atoms with Gasteiger partial charge in [0.05, 0.1) is 27.9 Å². The lowest BCUT2D eigenvalue weighted by Crippen LogP contribution is -2.35. The summed E-state index contributed by atoms with van der Waals surface area (Å²) in [7, 11) is 4.94. The van der Waals surface area contributed by atoms with E-state index >= 15 is 0 Å². The number of ether oxygens (including phenoxy) is 5. The van der Waals surface area contributed by atoms with E-state index < -0.39 is 11.0 Å². The van der Waals surface area contributed by atoms with Crippen LogP contribution in [0, 0.1) is 0 Å². The third-order valence-corrected chi connectivity index (χ3v) is 10.9. The summed E-state index contributed by atoms with van der Waals surface area (Å²) in [5.41, 5.74) is 6.30. The van der Waals surface area contributed by atoms with Gasteiger partial charge in [-0.15, -0.1) is 0 Å². The Kier molecular flexibility index (Phi) is 10.3. The molecule has 0 bridgehead atoms. The standard InChI is InChI=1S/C46H49NO7/c1-7-8-9-10-23-47-44(49)29-11-20-34-38(26-29)45(2,3)42-35-21-22-46(30-12-16-32(50-4)17-13-30,31-14-18-33(19-15-31)53-25-24-48)54-43(35)37-28-40(52-6)39(51-5)27-36(37)41(34)42/h11-22,26-28,48H,7-10,23-25H2,1-6H3,(H,47,49). The number of unbranched alkanes of at least 4 members (excludes halogenated alkanes) is 3. The molecule has 0 aromatic heterocycles. The Balaban J connectivity index is 1.42. The SMILES string of the molecule is CCCCCCNC(=O)c1ccc2c(c1)C(C)(C)c1c3c(c4cc(OC)c(OC)cc4c1-2)OC(c1ccc(OC)cc1)(c1ccc(OCCO)cc1)C=C3. The number of hydrogen-bond acceptors (Lipinski definition) is 7. The molecule has 8 heteroatoms. The van der Waals surface area contributed by atoms with Crippen LogP contribution in [0.25, 0.3) is 28.0 Å². The third kappa shape index (κ3) is 6.32. The molecular formula is C46H49NO7. The maximum Gasteiger partial charge on any atom is 0.251 e. The van der Waals surface area contributed by atoms with Crippen LogP contribution >= 0.6 is 0 Å². The highest BCUT2D eigenvalue weighted by Gasteiger charge is 2.45. The van der Waals surface area contributed by atoms with Crippen LogP contribution in [0.3, 0.4) is 0 Å². The van der Waals surface area contributed by atoms with Crippen molar-refractivity contribution < 1.29 is 33.6 Å². The molecule has 54 heavy (non-hydrogen) atoms. The van der Waals surface area contributed by atoms with E-state index in [-0.39, 0.29) is 19.1 Å². The minimum absolute atomic E-state index is 0.0559. The molecule has 1 heterocycles. The topological polar surface area (TPSA) is 95.5 Å². The zero-order valence-electron chi connectivity index (χ0n) is 32.0. The number of aliphatic hydroxyl groups excluding tert-OH is 1. The predicted molar refractivity (Wildman–Crippen MR) is 214 cm³/mol. The summed E-state index contributed by atoms with van der Waals surface area (Å²) in [5.74, 6) is 3.26. The molecule has 5 aromatic rings. The first-order valence-electron chi connectivity index (χ1n) is 18.8. The fraction of sp³-hybridized carbons (Fsp3) is 0.326. The van der Waals surface area contributed by atoms with E-state index in [0.29, 0.717) is 29.4 Å². The quantitative estimate of drug-likeness (QED) is 0.110. The normalized spacial score (nSPS) is 16.2. The van der Waals surface area contributed by atoms with E-state index in [0.717, 1.165) is 80.5 Å². The highest BCUT2D eigenvalue weighted by molar-refractivity contribution is 6.10. The van der Waals surface area contributed by atoms with E-state index in [1.165, 1.54) is 6.42 Å². The van der Waals surface area contributed by atoms with Crippen LogP contribution in [0.4, 0.5) is 0 Å². The second kappa shape index (κ2) is 15.1. The van der Waals surface area contributed by atoms with E-state index in [2.05, 4.69) is 50.4 Å². The van der Waals surface area contributed by atoms with Gasteiger partial charge in [0.1, 0.15) is 23.9 Å². The number of methoxy groups -OCH3 is 3. The zero-order valence-corrected chi connectivity index (χ0v) is 32.0. The highest BCUT2D eigenvalue weighted by atomic mass is 16.5. The first-order chi connectivity index (χ1) is 26.2. The van der Waals surface area contributed by atoms with Gasteiger partial charge in [0.15, 0.2) is 17.1 Å². The molecule has 5 aromatic carbocycles. The summed E-state index contributed by atoms with van der Waals surface area (Å²) < 4.78 is 30.4. The van der Waals surface area contributed by atoms with Crippen molar-refractivity contribution in [2.45, 2.75) is 57.5 Å². The predicted octanol–water partition coefficient (Wildman–Crippen LogP) is 9.20. The lowest BCUT2D eigenvalue weighted by molar-refractivity contribution is 0.0952. The van der Waals surface area contributed by atoms with E-state index in [1.54, 1.807) is 21.3 Å². The van der Waals surface area contributed by atoms with Crippen molar-refractivity contribution in [1.82, 2.24) is 5.32 Å². The van der Waals surface area contributed by atoms with Crippen LogP contribution in [0.1, 0.15) is 84.6 Å². The smallest absolute Gasteiger partial charge is 0.251 e. The van der Waals surface area contributed by atoms with E-state index in [1.807, 2.05) is 66.7 Å². The van der Waals surface area contributed by atoms with Crippen LogP contribution in [0.15, 0.2) is 84.9 Å². The van der Waals surface area contributed by atoms with E-state index in [4.69, 9.17) is 23.7 Å². The molecule has 0 saturated heterocycles. The molecule has 1 atom stereocenters. The summed E-state index contributed by atoms with van der Waals surface area (Å²) in [4.78, 5) is 13.4.